The molecule has 102 valence electrons. The standard InChI is InChI=1S/C13H24N4O/c1-5-18-7-6-17(4)13-10-14-8-12(16-13)9-15-11(2)3/h8,10-11,15H,5-7,9H2,1-4H3. The molecule has 1 aromatic rings. The molecule has 5 nitrogen and oxygen atoms in total. The molecule has 0 unspecified atom stereocenters. The first-order valence-corrected chi connectivity index (χ1v) is 6.46. The fourth-order valence-corrected chi connectivity index (χ4v) is 1.43. The molecule has 0 aliphatic heterocycles. The Morgan fingerprint density at radius 1 is 1.39 bits per heavy atom. The number of likely N-dealkylation sites (N-methyl/N-ethyl adjacent to an activating group) is 1. The van der Waals surface area contributed by atoms with Crippen molar-refractivity contribution in [2.45, 2.75) is 33.4 Å². The number of rotatable bonds is 8. The molecule has 0 fully saturated rings. The molecule has 0 aromatic carbocycles. The van der Waals surface area contributed by atoms with E-state index in [0.29, 0.717) is 12.6 Å². The van der Waals surface area contributed by atoms with Crippen molar-refractivity contribution < 1.29 is 4.74 Å². The second-order valence-corrected chi connectivity index (χ2v) is 4.52. The summed E-state index contributed by atoms with van der Waals surface area (Å²) in [6, 6.07) is 0.450. The van der Waals surface area contributed by atoms with Crippen molar-refractivity contribution in [3.05, 3.63) is 18.1 Å². The van der Waals surface area contributed by atoms with Gasteiger partial charge < -0.3 is 15.0 Å². The number of aromatic nitrogens is 2. The van der Waals surface area contributed by atoms with E-state index in [1.165, 1.54) is 0 Å². The van der Waals surface area contributed by atoms with Crippen molar-refractivity contribution >= 4 is 5.82 Å². The molecule has 0 radical (unpaired) electrons. The van der Waals surface area contributed by atoms with Gasteiger partial charge in [0.05, 0.1) is 18.5 Å². The maximum Gasteiger partial charge on any atom is 0.147 e. The molecule has 18 heavy (non-hydrogen) atoms. The van der Waals surface area contributed by atoms with Gasteiger partial charge >= 0.3 is 0 Å². The molecule has 0 amide bonds. The first-order valence-electron chi connectivity index (χ1n) is 6.46. The van der Waals surface area contributed by atoms with Gasteiger partial charge in [-0.3, -0.25) is 4.98 Å². The van der Waals surface area contributed by atoms with E-state index >= 15 is 0 Å². The predicted molar refractivity (Wildman–Crippen MR) is 73.8 cm³/mol. The van der Waals surface area contributed by atoms with Gasteiger partial charge in [0.15, 0.2) is 0 Å². The van der Waals surface area contributed by atoms with Crippen LogP contribution >= 0.6 is 0 Å². The van der Waals surface area contributed by atoms with E-state index < -0.39 is 0 Å². The Kier molecular flexibility index (Phi) is 6.60. The van der Waals surface area contributed by atoms with Crippen LogP contribution in [0.4, 0.5) is 5.82 Å². The minimum atomic E-state index is 0.450. The molecule has 1 N–H and O–H groups in total. The Morgan fingerprint density at radius 3 is 2.83 bits per heavy atom. The quantitative estimate of drug-likeness (QED) is 0.710. The van der Waals surface area contributed by atoms with Gasteiger partial charge in [-0.05, 0) is 6.92 Å². The summed E-state index contributed by atoms with van der Waals surface area (Å²) in [6.45, 7) is 9.26. The topological polar surface area (TPSA) is 50.3 Å². The summed E-state index contributed by atoms with van der Waals surface area (Å²) in [5.41, 5.74) is 0.962. The molecule has 1 rings (SSSR count). The van der Waals surface area contributed by atoms with Crippen LogP contribution in [0.2, 0.25) is 0 Å². The highest BCUT2D eigenvalue weighted by molar-refractivity contribution is 5.34. The lowest BCUT2D eigenvalue weighted by Gasteiger charge is -2.18. The van der Waals surface area contributed by atoms with Crippen LogP contribution in [0.1, 0.15) is 26.5 Å². The monoisotopic (exact) mass is 252 g/mol. The molecule has 0 saturated heterocycles. The largest absolute Gasteiger partial charge is 0.380 e. The average Bonchev–Trinajstić information content (AvgIpc) is 2.37. The van der Waals surface area contributed by atoms with E-state index in [2.05, 4.69) is 34.0 Å². The highest BCUT2D eigenvalue weighted by atomic mass is 16.5. The van der Waals surface area contributed by atoms with Crippen molar-refractivity contribution in [2.24, 2.45) is 0 Å². The first kappa shape index (κ1) is 14.9. The van der Waals surface area contributed by atoms with Crippen LogP contribution < -0.4 is 10.2 Å². The zero-order chi connectivity index (χ0) is 13.4. The Morgan fingerprint density at radius 2 is 2.17 bits per heavy atom. The number of anilines is 1. The lowest BCUT2D eigenvalue weighted by Crippen LogP contribution is -2.25. The van der Waals surface area contributed by atoms with Crippen molar-refractivity contribution in [2.75, 3.05) is 31.7 Å². The summed E-state index contributed by atoms with van der Waals surface area (Å²) in [7, 11) is 2.00. The predicted octanol–water partition coefficient (Wildman–Crippen LogP) is 1.45. The number of hydrogen-bond acceptors (Lipinski definition) is 5. The third-order valence-electron chi connectivity index (χ3n) is 2.53. The van der Waals surface area contributed by atoms with E-state index in [9.17, 15) is 0 Å². The molecule has 0 saturated carbocycles. The van der Waals surface area contributed by atoms with Gasteiger partial charge in [0, 0.05) is 39.0 Å². The van der Waals surface area contributed by atoms with E-state index in [4.69, 9.17) is 4.74 Å². The van der Waals surface area contributed by atoms with Crippen LogP contribution in [0.5, 0.6) is 0 Å². The smallest absolute Gasteiger partial charge is 0.147 e. The van der Waals surface area contributed by atoms with Crippen LogP contribution in [0, 0.1) is 0 Å². The van der Waals surface area contributed by atoms with Gasteiger partial charge in [0.1, 0.15) is 5.82 Å². The summed E-state index contributed by atoms with van der Waals surface area (Å²) in [4.78, 5) is 10.9. The Labute approximate surface area is 110 Å². The Hall–Kier alpha value is -1.20. The summed E-state index contributed by atoms with van der Waals surface area (Å²) in [5, 5.41) is 3.33. The minimum absolute atomic E-state index is 0.450. The van der Waals surface area contributed by atoms with E-state index in [1.54, 1.807) is 12.4 Å². The molecular weight excluding hydrogens is 228 g/mol. The van der Waals surface area contributed by atoms with E-state index in [-0.39, 0.29) is 0 Å². The average molecular weight is 252 g/mol. The summed E-state index contributed by atoms with van der Waals surface area (Å²) < 4.78 is 5.33. The number of ether oxygens (including phenoxy) is 1. The maximum absolute atomic E-state index is 5.33. The van der Waals surface area contributed by atoms with Crippen LogP contribution in [0.3, 0.4) is 0 Å². The van der Waals surface area contributed by atoms with Gasteiger partial charge in [-0.15, -0.1) is 0 Å². The fraction of sp³-hybridized carbons (Fsp3) is 0.692. The van der Waals surface area contributed by atoms with Crippen LogP contribution in [0.25, 0.3) is 0 Å². The van der Waals surface area contributed by atoms with Gasteiger partial charge in [-0.1, -0.05) is 13.8 Å². The minimum Gasteiger partial charge on any atom is -0.380 e. The molecule has 0 spiro atoms. The van der Waals surface area contributed by atoms with Crippen LogP contribution in [-0.4, -0.2) is 42.8 Å². The third kappa shape index (κ3) is 5.42. The van der Waals surface area contributed by atoms with Gasteiger partial charge in [0.2, 0.25) is 0 Å². The Bertz CT molecular complexity index is 344. The second kappa shape index (κ2) is 8.00. The Balaban J connectivity index is 2.52. The molecule has 5 heteroatoms. The molecule has 0 aliphatic rings. The second-order valence-electron chi connectivity index (χ2n) is 4.52. The molecule has 1 aromatic heterocycles. The third-order valence-corrected chi connectivity index (χ3v) is 2.53. The zero-order valence-corrected chi connectivity index (χ0v) is 11.8. The van der Waals surface area contributed by atoms with E-state index in [0.717, 1.165) is 31.2 Å². The van der Waals surface area contributed by atoms with Crippen molar-refractivity contribution in [1.29, 1.82) is 0 Å². The van der Waals surface area contributed by atoms with Crippen molar-refractivity contribution in [3.8, 4) is 0 Å². The van der Waals surface area contributed by atoms with Gasteiger partial charge in [-0.2, -0.15) is 0 Å². The lowest BCUT2D eigenvalue weighted by molar-refractivity contribution is 0.154. The van der Waals surface area contributed by atoms with E-state index in [1.807, 2.05) is 14.0 Å². The fourth-order valence-electron chi connectivity index (χ4n) is 1.43. The highest BCUT2D eigenvalue weighted by Crippen LogP contribution is 2.07. The van der Waals surface area contributed by atoms with Crippen LogP contribution in [-0.2, 0) is 11.3 Å². The van der Waals surface area contributed by atoms with Crippen molar-refractivity contribution in [3.63, 3.8) is 0 Å². The normalized spacial score (nSPS) is 10.9. The first-order chi connectivity index (χ1) is 8.63. The number of nitrogens with one attached hydrogen (secondary N) is 1. The number of nitrogens with zero attached hydrogens (tertiary/aromatic N) is 3. The maximum atomic E-state index is 5.33. The number of hydrogen-bond donors (Lipinski definition) is 1. The zero-order valence-electron chi connectivity index (χ0n) is 11.8. The molecule has 0 aliphatic carbocycles. The summed E-state index contributed by atoms with van der Waals surface area (Å²) in [6.07, 6.45) is 3.58. The summed E-state index contributed by atoms with van der Waals surface area (Å²) >= 11 is 0. The van der Waals surface area contributed by atoms with Gasteiger partial charge in [-0.25, -0.2) is 4.98 Å². The molecule has 0 bridgehead atoms. The molecular formula is C13H24N4O. The molecule has 1 heterocycles. The van der Waals surface area contributed by atoms with Crippen molar-refractivity contribution in [1.82, 2.24) is 15.3 Å². The van der Waals surface area contributed by atoms with Gasteiger partial charge in [0.25, 0.3) is 0 Å². The SMILES string of the molecule is CCOCCN(C)c1cncc(CNC(C)C)n1. The molecule has 0 atom stereocenters. The lowest BCUT2D eigenvalue weighted by atomic mass is 10.3. The van der Waals surface area contributed by atoms with Crippen LogP contribution in [0.15, 0.2) is 12.4 Å². The highest BCUT2D eigenvalue weighted by Gasteiger charge is 2.04. The summed E-state index contributed by atoms with van der Waals surface area (Å²) in [5.74, 6) is 0.887.